The Bertz CT molecular complexity index is 989. The minimum Gasteiger partial charge on any atom is -0.483 e. The Hall–Kier alpha value is -2.98. The van der Waals surface area contributed by atoms with Gasteiger partial charge >= 0.3 is 0 Å². The molecule has 1 amide bonds. The smallest absolute Gasteiger partial charge is 0.271 e. The number of aryl methyl sites for hydroxylation is 1. The maximum absolute atomic E-state index is 12.2. The summed E-state index contributed by atoms with van der Waals surface area (Å²) in [4.78, 5) is 22.3. The number of rotatable bonds is 8. The number of ether oxygens (including phenoxy) is 1. The van der Waals surface area contributed by atoms with E-state index >= 15 is 0 Å². The van der Waals surface area contributed by atoms with Gasteiger partial charge in [0.1, 0.15) is 5.75 Å². The summed E-state index contributed by atoms with van der Waals surface area (Å²) in [6, 6.07) is 9.64. The lowest BCUT2D eigenvalue weighted by Crippen LogP contribution is -2.30. The monoisotopic (exact) mass is 407 g/mol. The minimum atomic E-state index is -3.62. The highest BCUT2D eigenvalue weighted by atomic mass is 32.2. The Labute approximate surface area is 162 Å². The van der Waals surface area contributed by atoms with Crippen LogP contribution < -0.4 is 14.8 Å². The van der Waals surface area contributed by atoms with Crippen LogP contribution in [0.4, 0.5) is 11.4 Å². The van der Waals surface area contributed by atoms with E-state index < -0.39 is 20.9 Å². The molecule has 0 aromatic heterocycles. The number of carbonyl (C=O) groups excluding carboxylic acids is 1. The van der Waals surface area contributed by atoms with Crippen LogP contribution in [0.15, 0.2) is 47.4 Å². The summed E-state index contributed by atoms with van der Waals surface area (Å²) in [7, 11) is -3.62. The second-order valence-corrected chi connectivity index (χ2v) is 8.06. The van der Waals surface area contributed by atoms with Crippen LogP contribution in [-0.2, 0) is 14.8 Å². The quantitative estimate of drug-likeness (QED) is 0.511. The molecule has 2 rings (SSSR count). The van der Waals surface area contributed by atoms with Crippen molar-refractivity contribution in [1.82, 2.24) is 4.72 Å². The molecule has 0 aliphatic carbocycles. The van der Waals surface area contributed by atoms with E-state index in [9.17, 15) is 23.3 Å². The first kappa shape index (κ1) is 21.3. The molecule has 0 saturated heterocycles. The molecular formula is C18H21N3O6S. The van der Waals surface area contributed by atoms with Gasteiger partial charge in [-0.1, -0.05) is 6.07 Å². The van der Waals surface area contributed by atoms with E-state index in [2.05, 4.69) is 10.0 Å². The average Bonchev–Trinajstić information content (AvgIpc) is 2.59. The van der Waals surface area contributed by atoms with Gasteiger partial charge in [0.05, 0.1) is 9.82 Å². The lowest BCUT2D eigenvalue weighted by molar-refractivity contribution is -0.384. The SMILES string of the molecule is Cc1cc(S(=O)(=O)NC(C)C)ccc1OCC(=O)Nc1cccc([N+](=O)[O-])c1. The number of nitrogens with zero attached hydrogens (tertiary/aromatic N) is 1. The fourth-order valence-corrected chi connectivity index (χ4v) is 3.70. The molecule has 0 heterocycles. The third kappa shape index (κ3) is 5.76. The summed E-state index contributed by atoms with van der Waals surface area (Å²) in [5.41, 5.74) is 0.692. The second-order valence-electron chi connectivity index (χ2n) is 6.35. The van der Waals surface area contributed by atoms with Crippen LogP contribution >= 0.6 is 0 Å². The molecule has 0 aliphatic rings. The molecule has 0 spiro atoms. The molecule has 0 saturated carbocycles. The van der Waals surface area contributed by atoms with E-state index in [1.54, 1.807) is 20.8 Å². The average molecular weight is 407 g/mol. The molecule has 2 N–H and O–H groups in total. The van der Waals surface area contributed by atoms with E-state index in [1.165, 1.54) is 42.5 Å². The minimum absolute atomic E-state index is 0.104. The molecule has 2 aromatic carbocycles. The number of carbonyl (C=O) groups is 1. The summed E-state index contributed by atoms with van der Waals surface area (Å²) in [6.07, 6.45) is 0. The number of hydrogen-bond acceptors (Lipinski definition) is 6. The zero-order chi connectivity index (χ0) is 20.9. The number of anilines is 1. The van der Waals surface area contributed by atoms with Crippen LogP contribution in [-0.4, -0.2) is 31.9 Å². The van der Waals surface area contributed by atoms with Crippen molar-refractivity contribution < 1.29 is 22.9 Å². The summed E-state index contributed by atoms with van der Waals surface area (Å²) in [5, 5.41) is 13.3. The van der Waals surface area contributed by atoms with Gasteiger partial charge in [-0.2, -0.15) is 0 Å². The lowest BCUT2D eigenvalue weighted by atomic mass is 10.2. The molecular weight excluding hydrogens is 386 g/mol. The van der Waals surface area contributed by atoms with Crippen LogP contribution in [0.1, 0.15) is 19.4 Å². The summed E-state index contributed by atoms with van der Waals surface area (Å²) in [6.45, 7) is 4.78. The number of hydrogen-bond donors (Lipinski definition) is 2. The molecule has 0 unspecified atom stereocenters. The van der Waals surface area contributed by atoms with Gasteiger partial charge in [-0.25, -0.2) is 13.1 Å². The van der Waals surface area contributed by atoms with Gasteiger partial charge in [0.2, 0.25) is 10.0 Å². The molecule has 0 fully saturated rings. The predicted molar refractivity (Wildman–Crippen MR) is 104 cm³/mol. The van der Waals surface area contributed by atoms with Crippen LogP contribution in [0.5, 0.6) is 5.75 Å². The molecule has 0 atom stereocenters. The number of nitro groups is 1. The van der Waals surface area contributed by atoms with Crippen molar-refractivity contribution in [1.29, 1.82) is 0 Å². The third-order valence-corrected chi connectivity index (χ3v) is 5.20. The molecule has 0 bridgehead atoms. The highest BCUT2D eigenvalue weighted by Crippen LogP contribution is 2.22. The number of nitrogens with one attached hydrogen (secondary N) is 2. The molecule has 0 radical (unpaired) electrons. The lowest BCUT2D eigenvalue weighted by Gasteiger charge is -2.13. The van der Waals surface area contributed by atoms with Crippen molar-refractivity contribution in [3.63, 3.8) is 0 Å². The number of nitro benzene ring substituents is 1. The Morgan fingerprint density at radius 1 is 1.21 bits per heavy atom. The van der Waals surface area contributed by atoms with Crippen molar-refractivity contribution >= 4 is 27.3 Å². The molecule has 0 aliphatic heterocycles. The fraction of sp³-hybridized carbons (Fsp3) is 0.278. The highest BCUT2D eigenvalue weighted by Gasteiger charge is 2.17. The Kier molecular flexibility index (Phi) is 6.71. The van der Waals surface area contributed by atoms with E-state index in [-0.39, 0.29) is 28.9 Å². The van der Waals surface area contributed by atoms with Crippen LogP contribution in [0.3, 0.4) is 0 Å². The number of sulfonamides is 1. The largest absolute Gasteiger partial charge is 0.483 e. The summed E-state index contributed by atoms with van der Waals surface area (Å²) in [5.74, 6) is -0.143. The molecule has 2 aromatic rings. The van der Waals surface area contributed by atoms with Gasteiger partial charge in [0, 0.05) is 23.9 Å². The maximum Gasteiger partial charge on any atom is 0.271 e. The van der Waals surface area contributed by atoms with Crippen LogP contribution in [0.2, 0.25) is 0 Å². The van der Waals surface area contributed by atoms with E-state index in [1.807, 2.05) is 0 Å². The Morgan fingerprint density at radius 3 is 2.54 bits per heavy atom. The normalized spacial score (nSPS) is 11.3. The van der Waals surface area contributed by atoms with Gasteiger partial charge in [-0.3, -0.25) is 14.9 Å². The third-order valence-electron chi connectivity index (χ3n) is 3.55. The van der Waals surface area contributed by atoms with E-state index in [0.29, 0.717) is 11.3 Å². The number of amides is 1. The van der Waals surface area contributed by atoms with Gasteiger partial charge in [0.15, 0.2) is 6.61 Å². The van der Waals surface area contributed by atoms with Gasteiger partial charge in [0.25, 0.3) is 11.6 Å². The van der Waals surface area contributed by atoms with E-state index in [0.717, 1.165) is 0 Å². The van der Waals surface area contributed by atoms with Crippen LogP contribution in [0, 0.1) is 17.0 Å². The molecule has 28 heavy (non-hydrogen) atoms. The van der Waals surface area contributed by atoms with Gasteiger partial charge in [-0.05, 0) is 50.6 Å². The topological polar surface area (TPSA) is 128 Å². The Morgan fingerprint density at radius 2 is 1.93 bits per heavy atom. The van der Waals surface area contributed by atoms with Crippen molar-refractivity contribution in [2.45, 2.75) is 31.7 Å². The van der Waals surface area contributed by atoms with E-state index in [4.69, 9.17) is 4.74 Å². The van der Waals surface area contributed by atoms with Crippen molar-refractivity contribution in [2.24, 2.45) is 0 Å². The van der Waals surface area contributed by atoms with Crippen molar-refractivity contribution in [3.05, 3.63) is 58.1 Å². The second kappa shape index (κ2) is 8.81. The Balaban J connectivity index is 2.02. The van der Waals surface area contributed by atoms with Gasteiger partial charge < -0.3 is 10.1 Å². The fourth-order valence-electron chi connectivity index (χ4n) is 2.37. The molecule has 9 nitrogen and oxygen atoms in total. The van der Waals surface area contributed by atoms with Gasteiger partial charge in [-0.15, -0.1) is 0 Å². The highest BCUT2D eigenvalue weighted by molar-refractivity contribution is 7.89. The number of non-ortho nitro benzene ring substituents is 1. The standard InChI is InChI=1S/C18H21N3O6S/c1-12(2)20-28(25,26)16-7-8-17(13(3)9-16)27-11-18(22)19-14-5-4-6-15(10-14)21(23)24/h4-10,12,20H,11H2,1-3H3,(H,19,22). The first-order valence-corrected chi connectivity index (χ1v) is 9.87. The predicted octanol–water partition coefficient (Wildman–Crippen LogP) is 2.61. The van der Waals surface area contributed by atoms with Crippen molar-refractivity contribution in [3.8, 4) is 5.75 Å². The molecule has 10 heteroatoms. The summed E-state index contributed by atoms with van der Waals surface area (Å²) < 4.78 is 32.3. The first-order chi connectivity index (χ1) is 13.1. The van der Waals surface area contributed by atoms with Crippen molar-refractivity contribution in [2.75, 3.05) is 11.9 Å². The first-order valence-electron chi connectivity index (χ1n) is 8.38. The summed E-state index contributed by atoms with van der Waals surface area (Å²) >= 11 is 0. The maximum atomic E-state index is 12.2. The number of benzene rings is 2. The zero-order valence-electron chi connectivity index (χ0n) is 15.6. The molecule has 150 valence electrons. The zero-order valence-corrected chi connectivity index (χ0v) is 16.4. The van der Waals surface area contributed by atoms with Crippen LogP contribution in [0.25, 0.3) is 0 Å².